The van der Waals surface area contributed by atoms with Crippen molar-refractivity contribution in [2.75, 3.05) is 29.4 Å². The molecule has 0 radical (unpaired) electrons. The predicted octanol–water partition coefficient (Wildman–Crippen LogP) is 9.28. The molecule has 5 rings (SSSR count). The fraction of sp³-hybridized carbons (Fsp3) is 0.237. The van der Waals surface area contributed by atoms with E-state index in [1.807, 2.05) is 115 Å². The summed E-state index contributed by atoms with van der Waals surface area (Å²) in [4.78, 5) is 47.7. The van der Waals surface area contributed by atoms with Crippen LogP contribution < -0.4 is 9.80 Å². The number of nitrogens with zero attached hydrogens (tertiary/aromatic N) is 3. The van der Waals surface area contributed by atoms with Crippen molar-refractivity contribution in [3.63, 3.8) is 0 Å². The van der Waals surface area contributed by atoms with Crippen molar-refractivity contribution in [2.24, 2.45) is 0 Å². The van der Waals surface area contributed by atoms with Crippen molar-refractivity contribution in [3.8, 4) is 0 Å². The number of anilines is 2. The van der Waals surface area contributed by atoms with Crippen LogP contribution in [0.2, 0.25) is 0 Å². The number of benzene rings is 4. The number of hydrogen-bond acceptors (Lipinski definition) is 3. The molecule has 9 heteroatoms. The Morgan fingerprint density at radius 1 is 0.574 bits per heavy atom. The van der Waals surface area contributed by atoms with Crippen LogP contribution >= 0.6 is 47.8 Å². The first-order valence-corrected chi connectivity index (χ1v) is 18.0. The molecule has 1 atom stereocenters. The molecule has 0 bridgehead atoms. The van der Waals surface area contributed by atoms with Crippen molar-refractivity contribution in [1.82, 2.24) is 4.90 Å². The molecule has 47 heavy (non-hydrogen) atoms. The minimum absolute atomic E-state index is 0.00519. The van der Waals surface area contributed by atoms with Gasteiger partial charge in [-0.15, -0.1) is 0 Å². The van der Waals surface area contributed by atoms with Crippen molar-refractivity contribution in [2.45, 2.75) is 38.1 Å². The van der Waals surface area contributed by atoms with Gasteiger partial charge >= 0.3 is 0 Å². The number of carbonyl (C=O) groups is 3. The maximum Gasteiger partial charge on any atom is 0.254 e. The van der Waals surface area contributed by atoms with Gasteiger partial charge in [0.05, 0.1) is 0 Å². The third-order valence-corrected chi connectivity index (χ3v) is 9.74. The molecule has 1 heterocycles. The van der Waals surface area contributed by atoms with Crippen LogP contribution in [0, 0.1) is 0 Å². The molecule has 0 saturated carbocycles. The first-order valence-electron chi connectivity index (χ1n) is 15.7. The van der Waals surface area contributed by atoms with E-state index >= 15 is 0 Å². The Morgan fingerprint density at radius 2 is 1.06 bits per heavy atom. The van der Waals surface area contributed by atoms with E-state index in [-0.39, 0.29) is 30.7 Å². The van der Waals surface area contributed by atoms with Crippen LogP contribution in [0.5, 0.6) is 0 Å². The van der Waals surface area contributed by atoms with E-state index in [9.17, 15) is 14.4 Å². The second-order valence-corrected chi connectivity index (χ2v) is 14.1. The normalized spacial score (nSPS) is 17.7. The molecule has 242 valence electrons. The minimum atomic E-state index is -0.831. The average Bonchev–Trinajstić information content (AvgIpc) is 3.08. The van der Waals surface area contributed by atoms with E-state index in [2.05, 4.69) is 47.8 Å². The minimum Gasteiger partial charge on any atom is -0.326 e. The van der Waals surface area contributed by atoms with E-state index in [0.717, 1.165) is 30.2 Å². The van der Waals surface area contributed by atoms with Crippen LogP contribution in [0.15, 0.2) is 129 Å². The summed E-state index contributed by atoms with van der Waals surface area (Å²) < 4.78 is 2.81. The lowest BCUT2D eigenvalue weighted by Crippen LogP contribution is -2.46. The molecule has 1 unspecified atom stereocenters. The van der Waals surface area contributed by atoms with Crippen molar-refractivity contribution < 1.29 is 14.4 Å². The molecular formula is C38H36Br3N3O3. The molecule has 4 aromatic carbocycles. The highest BCUT2D eigenvalue weighted by atomic mass is 79.9. The van der Waals surface area contributed by atoms with E-state index in [1.54, 1.807) is 14.7 Å². The monoisotopic (exact) mass is 819 g/mol. The maximum atomic E-state index is 14.9. The fourth-order valence-corrected chi connectivity index (χ4v) is 6.44. The molecule has 0 saturated heterocycles. The SMILES string of the molecule is O=C1CCCCC(=O)N(CCc2ccc(Br)cc2)C(c2ccccc2)C(=O)N(c2ccc(Br)cc2)C/C=C/CN1c1ccc(Br)cc1. The Morgan fingerprint density at radius 3 is 1.64 bits per heavy atom. The molecule has 1 aliphatic heterocycles. The van der Waals surface area contributed by atoms with Crippen molar-refractivity contribution in [3.05, 3.63) is 140 Å². The van der Waals surface area contributed by atoms with Gasteiger partial charge in [-0.3, -0.25) is 14.4 Å². The fourth-order valence-electron chi connectivity index (χ4n) is 5.64. The van der Waals surface area contributed by atoms with Crippen LogP contribution in [0.3, 0.4) is 0 Å². The number of hydrogen-bond donors (Lipinski definition) is 0. The summed E-state index contributed by atoms with van der Waals surface area (Å²) in [5, 5.41) is 0. The summed E-state index contributed by atoms with van der Waals surface area (Å²) >= 11 is 10.5. The zero-order valence-corrected chi connectivity index (χ0v) is 30.7. The van der Waals surface area contributed by atoms with Crippen molar-refractivity contribution in [1.29, 1.82) is 0 Å². The Hall–Kier alpha value is -3.53. The van der Waals surface area contributed by atoms with Gasteiger partial charge in [0.2, 0.25) is 11.8 Å². The van der Waals surface area contributed by atoms with E-state index in [1.165, 1.54) is 0 Å². The largest absolute Gasteiger partial charge is 0.326 e. The summed E-state index contributed by atoms with van der Waals surface area (Å²) in [5.41, 5.74) is 3.35. The predicted molar refractivity (Wildman–Crippen MR) is 199 cm³/mol. The molecule has 3 amide bonds. The van der Waals surface area contributed by atoms with Crippen LogP contribution in [-0.4, -0.2) is 42.3 Å². The summed E-state index contributed by atoms with van der Waals surface area (Å²) in [7, 11) is 0. The van der Waals surface area contributed by atoms with Crippen molar-refractivity contribution >= 4 is 76.9 Å². The Balaban J connectivity index is 1.54. The zero-order chi connectivity index (χ0) is 33.2. The Kier molecular flexibility index (Phi) is 12.6. The summed E-state index contributed by atoms with van der Waals surface area (Å²) in [5.74, 6) is -0.305. The highest BCUT2D eigenvalue weighted by molar-refractivity contribution is 9.11. The highest BCUT2D eigenvalue weighted by Crippen LogP contribution is 2.30. The third-order valence-electron chi connectivity index (χ3n) is 8.15. The van der Waals surface area contributed by atoms with Gasteiger partial charge in [-0.05, 0) is 91.1 Å². The third kappa shape index (κ3) is 9.52. The van der Waals surface area contributed by atoms with Gasteiger partial charge in [-0.1, -0.05) is 102 Å². The summed E-state index contributed by atoms with van der Waals surface area (Å²) in [6, 6.07) is 32.0. The molecule has 0 fully saturated rings. The second-order valence-electron chi connectivity index (χ2n) is 11.4. The summed E-state index contributed by atoms with van der Waals surface area (Å²) in [6.45, 7) is 0.996. The summed E-state index contributed by atoms with van der Waals surface area (Å²) in [6.07, 6.45) is 6.11. The molecule has 0 N–H and O–H groups in total. The van der Waals surface area contributed by atoms with Crippen LogP contribution in [0.25, 0.3) is 0 Å². The van der Waals surface area contributed by atoms with Crippen LogP contribution in [0.4, 0.5) is 11.4 Å². The maximum absolute atomic E-state index is 14.9. The lowest BCUT2D eigenvalue weighted by atomic mass is 10.0. The highest BCUT2D eigenvalue weighted by Gasteiger charge is 2.34. The standard InChI is InChI=1S/C38H36Br3N3O3/c39-30-14-12-28(13-15-30)24-27-44-36(46)11-5-4-10-35(45)42(33-20-16-31(40)17-21-33)25-6-7-26-43(34-22-18-32(41)19-23-34)38(47)37(44)29-8-2-1-3-9-29/h1-3,6-9,12-23,37H,4-5,10-11,24-27H2/b7-6+. The lowest BCUT2D eigenvalue weighted by molar-refractivity contribution is -0.140. The Bertz CT molecular complexity index is 1680. The quantitative estimate of drug-likeness (QED) is 0.182. The second kappa shape index (κ2) is 17.0. The van der Waals surface area contributed by atoms with Gasteiger partial charge in [-0.25, -0.2) is 0 Å². The number of halogens is 3. The molecule has 1 aliphatic rings. The smallest absolute Gasteiger partial charge is 0.254 e. The Labute approximate surface area is 301 Å². The first-order chi connectivity index (χ1) is 22.8. The number of carbonyl (C=O) groups excluding carboxylic acids is 3. The van der Waals surface area contributed by atoms with Crippen LogP contribution in [-0.2, 0) is 20.8 Å². The van der Waals surface area contributed by atoms with E-state index in [0.29, 0.717) is 44.5 Å². The van der Waals surface area contributed by atoms with Gasteiger partial charge in [0.25, 0.3) is 5.91 Å². The van der Waals surface area contributed by atoms with Gasteiger partial charge < -0.3 is 14.7 Å². The number of rotatable bonds is 6. The lowest BCUT2D eigenvalue weighted by Gasteiger charge is -2.35. The van der Waals surface area contributed by atoms with Crippen LogP contribution in [0.1, 0.15) is 42.9 Å². The molecule has 0 aromatic heterocycles. The molecule has 0 spiro atoms. The average molecular weight is 822 g/mol. The molecule has 0 aliphatic carbocycles. The van der Waals surface area contributed by atoms with Gasteiger partial charge in [0.1, 0.15) is 6.04 Å². The van der Waals surface area contributed by atoms with E-state index < -0.39 is 6.04 Å². The zero-order valence-electron chi connectivity index (χ0n) is 25.9. The van der Waals surface area contributed by atoms with Gasteiger partial charge in [0, 0.05) is 57.3 Å². The topological polar surface area (TPSA) is 60.9 Å². The van der Waals surface area contributed by atoms with E-state index in [4.69, 9.17) is 0 Å². The molecule has 6 nitrogen and oxygen atoms in total. The number of amides is 3. The first kappa shape index (κ1) is 34.8. The van der Waals surface area contributed by atoms with Gasteiger partial charge in [-0.2, -0.15) is 0 Å². The molecular weight excluding hydrogens is 786 g/mol. The molecule has 4 aromatic rings. The van der Waals surface area contributed by atoms with Gasteiger partial charge in [0.15, 0.2) is 0 Å².